The molecule has 2 rings (SSSR count). The smallest absolute Gasteiger partial charge is 0.0895 e. The van der Waals surface area contributed by atoms with Gasteiger partial charge in [0.1, 0.15) is 0 Å². The fourth-order valence-corrected chi connectivity index (χ4v) is 2.62. The Hall–Kier alpha value is -0.0800. The number of hydrogen-bond acceptors (Lipinski definition) is 2. The summed E-state index contributed by atoms with van der Waals surface area (Å²) in [6, 6.07) is 0. The summed E-state index contributed by atoms with van der Waals surface area (Å²) in [5.74, 6) is 1.17. The number of hydrogen-bond donors (Lipinski definition) is 0. The second-order valence-electron chi connectivity index (χ2n) is 5.52. The van der Waals surface area contributed by atoms with Gasteiger partial charge < -0.3 is 9.47 Å². The number of ether oxygens (including phenoxy) is 2. The molecule has 0 N–H and O–H groups in total. The molecule has 0 aromatic rings. The molecule has 2 heterocycles. The lowest BCUT2D eigenvalue weighted by Gasteiger charge is -2.32. The van der Waals surface area contributed by atoms with E-state index in [1.807, 2.05) is 0 Å². The predicted molar refractivity (Wildman–Crippen MR) is 56.2 cm³/mol. The van der Waals surface area contributed by atoms with E-state index in [-0.39, 0.29) is 0 Å². The van der Waals surface area contributed by atoms with Crippen LogP contribution >= 0.6 is 0 Å². The Morgan fingerprint density at radius 1 is 1.14 bits per heavy atom. The Labute approximate surface area is 87.0 Å². The maximum absolute atomic E-state index is 5.86. The normalized spacial score (nSPS) is 42.9. The minimum Gasteiger partial charge on any atom is -0.375 e. The quantitative estimate of drug-likeness (QED) is 0.678. The predicted octanol–water partition coefficient (Wildman–Crippen LogP) is 2.47. The van der Waals surface area contributed by atoms with Crippen molar-refractivity contribution in [1.82, 2.24) is 0 Å². The maximum Gasteiger partial charge on any atom is 0.0895 e. The van der Waals surface area contributed by atoms with Crippen LogP contribution in [0.2, 0.25) is 0 Å². The molecule has 2 nitrogen and oxygen atoms in total. The largest absolute Gasteiger partial charge is 0.375 e. The highest BCUT2D eigenvalue weighted by Crippen LogP contribution is 2.44. The van der Waals surface area contributed by atoms with E-state index in [2.05, 4.69) is 27.7 Å². The molecule has 0 saturated carbocycles. The van der Waals surface area contributed by atoms with Gasteiger partial charge in [-0.25, -0.2) is 0 Å². The van der Waals surface area contributed by atoms with Gasteiger partial charge in [0.25, 0.3) is 0 Å². The van der Waals surface area contributed by atoms with Crippen LogP contribution in [0.3, 0.4) is 0 Å². The van der Waals surface area contributed by atoms with Gasteiger partial charge in [0.05, 0.1) is 25.4 Å². The maximum atomic E-state index is 5.86. The molecule has 4 atom stereocenters. The van der Waals surface area contributed by atoms with E-state index in [4.69, 9.17) is 9.47 Å². The van der Waals surface area contributed by atoms with E-state index >= 15 is 0 Å². The molecule has 0 radical (unpaired) electrons. The third kappa shape index (κ3) is 1.49. The zero-order valence-electron chi connectivity index (χ0n) is 9.75. The van der Waals surface area contributed by atoms with Crippen molar-refractivity contribution >= 4 is 0 Å². The van der Waals surface area contributed by atoms with Crippen LogP contribution < -0.4 is 0 Å². The van der Waals surface area contributed by atoms with Gasteiger partial charge in [-0.15, -0.1) is 0 Å². The summed E-state index contributed by atoms with van der Waals surface area (Å²) in [5, 5.41) is 0. The summed E-state index contributed by atoms with van der Waals surface area (Å²) in [6.45, 7) is 10.9. The molecule has 2 fully saturated rings. The summed E-state index contributed by atoms with van der Waals surface area (Å²) in [4.78, 5) is 0. The third-order valence-corrected chi connectivity index (χ3v) is 4.22. The van der Waals surface area contributed by atoms with Crippen LogP contribution in [0.25, 0.3) is 0 Å². The molecule has 2 unspecified atom stereocenters. The van der Waals surface area contributed by atoms with Gasteiger partial charge in [0.15, 0.2) is 0 Å². The van der Waals surface area contributed by atoms with Crippen molar-refractivity contribution in [2.24, 2.45) is 17.3 Å². The zero-order valence-corrected chi connectivity index (χ0v) is 9.75. The molecule has 2 aliphatic heterocycles. The molecule has 0 aromatic carbocycles. The van der Waals surface area contributed by atoms with Gasteiger partial charge >= 0.3 is 0 Å². The monoisotopic (exact) mass is 198 g/mol. The zero-order chi connectivity index (χ0) is 10.3. The first-order valence-corrected chi connectivity index (χ1v) is 5.79. The average molecular weight is 198 g/mol. The SMILES string of the molecule is CCC(C)(C)[C@@H]1COC2C1OC[C@@H]2C. The fourth-order valence-electron chi connectivity index (χ4n) is 2.62. The van der Waals surface area contributed by atoms with Crippen LogP contribution in [0.1, 0.15) is 34.1 Å². The number of rotatable bonds is 2. The van der Waals surface area contributed by atoms with Crippen LogP contribution in [0.15, 0.2) is 0 Å². The third-order valence-electron chi connectivity index (χ3n) is 4.22. The first kappa shape index (κ1) is 10.4. The van der Waals surface area contributed by atoms with E-state index in [0.717, 1.165) is 13.2 Å². The first-order valence-electron chi connectivity index (χ1n) is 5.79. The van der Waals surface area contributed by atoms with E-state index < -0.39 is 0 Å². The van der Waals surface area contributed by atoms with Gasteiger partial charge in [-0.05, 0) is 5.41 Å². The van der Waals surface area contributed by atoms with Crippen LogP contribution in [-0.2, 0) is 9.47 Å². The van der Waals surface area contributed by atoms with Crippen LogP contribution in [0.4, 0.5) is 0 Å². The molecule has 82 valence electrons. The van der Waals surface area contributed by atoms with Crippen LogP contribution in [0.5, 0.6) is 0 Å². The van der Waals surface area contributed by atoms with E-state index in [9.17, 15) is 0 Å². The minimum atomic E-state index is 0.351. The highest BCUT2D eigenvalue weighted by atomic mass is 16.6. The molecule has 0 aromatic heterocycles. The second-order valence-corrected chi connectivity index (χ2v) is 5.52. The Morgan fingerprint density at radius 3 is 2.43 bits per heavy atom. The Bertz CT molecular complexity index is 212. The molecular weight excluding hydrogens is 176 g/mol. The summed E-state index contributed by atoms with van der Waals surface area (Å²) in [6.07, 6.45) is 1.92. The summed E-state index contributed by atoms with van der Waals surface area (Å²) >= 11 is 0. The molecule has 0 aliphatic carbocycles. The summed E-state index contributed by atoms with van der Waals surface area (Å²) in [5.41, 5.74) is 0.351. The van der Waals surface area contributed by atoms with Crippen molar-refractivity contribution in [2.45, 2.75) is 46.3 Å². The van der Waals surface area contributed by atoms with E-state index in [0.29, 0.717) is 29.5 Å². The van der Waals surface area contributed by atoms with Crippen LogP contribution in [-0.4, -0.2) is 25.4 Å². The summed E-state index contributed by atoms with van der Waals surface area (Å²) in [7, 11) is 0. The molecule has 0 amide bonds. The topological polar surface area (TPSA) is 18.5 Å². The lowest BCUT2D eigenvalue weighted by molar-refractivity contribution is 0.0260. The average Bonchev–Trinajstić information content (AvgIpc) is 2.69. The Balaban J connectivity index is 2.10. The van der Waals surface area contributed by atoms with Gasteiger partial charge in [0, 0.05) is 11.8 Å². The Morgan fingerprint density at radius 2 is 1.79 bits per heavy atom. The first-order chi connectivity index (χ1) is 6.56. The van der Waals surface area contributed by atoms with Gasteiger partial charge in [-0.1, -0.05) is 34.1 Å². The standard InChI is InChI=1S/C12H22O2/c1-5-12(3,4)9-7-14-10-8(2)6-13-11(9)10/h8-11H,5-7H2,1-4H3/t8-,9+,10?,11?/m0/s1. The summed E-state index contributed by atoms with van der Waals surface area (Å²) < 4.78 is 11.7. The molecule has 0 bridgehead atoms. The van der Waals surface area contributed by atoms with Crippen molar-refractivity contribution < 1.29 is 9.47 Å². The van der Waals surface area contributed by atoms with Crippen molar-refractivity contribution in [3.63, 3.8) is 0 Å². The van der Waals surface area contributed by atoms with Crippen molar-refractivity contribution in [3.05, 3.63) is 0 Å². The Kier molecular flexibility index (Phi) is 2.61. The van der Waals surface area contributed by atoms with Gasteiger partial charge in [-0.2, -0.15) is 0 Å². The van der Waals surface area contributed by atoms with Crippen molar-refractivity contribution in [1.29, 1.82) is 0 Å². The highest BCUT2D eigenvalue weighted by Gasteiger charge is 2.50. The second kappa shape index (κ2) is 3.49. The van der Waals surface area contributed by atoms with Crippen molar-refractivity contribution in [3.8, 4) is 0 Å². The molecule has 0 spiro atoms. The molecule has 14 heavy (non-hydrogen) atoms. The lowest BCUT2D eigenvalue weighted by Crippen LogP contribution is -2.34. The molecule has 2 saturated heterocycles. The van der Waals surface area contributed by atoms with Gasteiger partial charge in [-0.3, -0.25) is 0 Å². The highest BCUT2D eigenvalue weighted by molar-refractivity contribution is 4.97. The van der Waals surface area contributed by atoms with E-state index in [1.165, 1.54) is 6.42 Å². The van der Waals surface area contributed by atoms with Crippen molar-refractivity contribution in [2.75, 3.05) is 13.2 Å². The van der Waals surface area contributed by atoms with Crippen LogP contribution in [0, 0.1) is 17.3 Å². The lowest BCUT2D eigenvalue weighted by atomic mass is 9.74. The molecular formula is C12H22O2. The molecule has 2 aliphatic rings. The fraction of sp³-hybridized carbons (Fsp3) is 1.00. The number of fused-ring (bicyclic) bond motifs is 1. The van der Waals surface area contributed by atoms with Gasteiger partial charge in [0.2, 0.25) is 0 Å². The van der Waals surface area contributed by atoms with E-state index in [1.54, 1.807) is 0 Å². The molecule has 2 heteroatoms. The minimum absolute atomic E-state index is 0.351.